The van der Waals surface area contributed by atoms with Gasteiger partial charge in [0.2, 0.25) is 23.6 Å². The predicted octanol–water partition coefficient (Wildman–Crippen LogP) is 1.36. The van der Waals surface area contributed by atoms with Crippen LogP contribution in [0.4, 0.5) is 16.2 Å². The van der Waals surface area contributed by atoms with Gasteiger partial charge in [-0.05, 0) is 48.4 Å². The molecule has 0 saturated heterocycles. The maximum Gasteiger partial charge on any atom is 0.408 e. The smallest absolute Gasteiger partial charge is 0.408 e. The van der Waals surface area contributed by atoms with Gasteiger partial charge < -0.3 is 51.7 Å². The molecule has 0 aliphatic heterocycles. The van der Waals surface area contributed by atoms with Crippen molar-refractivity contribution in [1.82, 2.24) is 16.0 Å². The number of rotatable bonds is 17. The van der Waals surface area contributed by atoms with Crippen LogP contribution in [0.1, 0.15) is 59.8 Å². The van der Waals surface area contributed by atoms with Crippen molar-refractivity contribution in [2.75, 3.05) is 23.7 Å². The van der Waals surface area contributed by atoms with Gasteiger partial charge in [-0.15, -0.1) is 0 Å². The van der Waals surface area contributed by atoms with E-state index >= 15 is 0 Å². The molecule has 0 aliphatic carbocycles. The number of anilines is 2. The molecule has 3 aromatic carbocycles. The third-order valence-corrected chi connectivity index (χ3v) is 6.77. The van der Waals surface area contributed by atoms with Crippen molar-refractivity contribution in [3.8, 4) is 0 Å². The summed E-state index contributed by atoms with van der Waals surface area (Å²) in [7, 11) is 0. The number of aromatic carboxylic acids is 4. The Hall–Kier alpha value is -7.31. The monoisotopic (exact) mass is 721 g/mol. The highest BCUT2D eigenvalue weighted by Gasteiger charge is 2.24. The van der Waals surface area contributed by atoms with E-state index in [9.17, 15) is 63.6 Å². The normalized spacial score (nSPS) is 10.8. The van der Waals surface area contributed by atoms with Crippen LogP contribution >= 0.6 is 0 Å². The van der Waals surface area contributed by atoms with Crippen molar-refractivity contribution in [1.29, 1.82) is 0 Å². The molecule has 19 heteroatoms. The summed E-state index contributed by atoms with van der Waals surface area (Å²) in [5.41, 5.74) is -1.38. The van der Waals surface area contributed by atoms with Crippen molar-refractivity contribution in [2.24, 2.45) is 0 Å². The molecule has 0 fully saturated rings. The van der Waals surface area contributed by atoms with E-state index in [-0.39, 0.29) is 24.4 Å². The minimum atomic E-state index is -1.46. The first-order valence-electron chi connectivity index (χ1n) is 15.0. The van der Waals surface area contributed by atoms with Crippen molar-refractivity contribution in [2.45, 2.75) is 25.5 Å². The average Bonchev–Trinajstić information content (AvgIpc) is 3.10. The van der Waals surface area contributed by atoms with Crippen LogP contribution in [-0.2, 0) is 30.5 Å². The highest BCUT2D eigenvalue weighted by atomic mass is 16.5. The quantitative estimate of drug-likeness (QED) is 0.0951. The van der Waals surface area contributed by atoms with E-state index in [0.29, 0.717) is 5.56 Å². The number of ether oxygens (including phenoxy) is 1. The van der Waals surface area contributed by atoms with Gasteiger partial charge >= 0.3 is 30.0 Å². The minimum absolute atomic E-state index is 0.160. The Kier molecular flexibility index (Phi) is 13.9. The average molecular weight is 722 g/mol. The summed E-state index contributed by atoms with van der Waals surface area (Å²) in [5, 5.41) is 48.2. The number of carbonyl (C=O) groups excluding carboxylic acids is 5. The molecule has 0 radical (unpaired) electrons. The molecule has 0 bridgehead atoms. The summed E-state index contributed by atoms with van der Waals surface area (Å²) in [4.78, 5) is 108. The lowest BCUT2D eigenvalue weighted by Gasteiger charge is -2.18. The van der Waals surface area contributed by atoms with Gasteiger partial charge in [0.05, 0.1) is 35.3 Å². The second-order valence-corrected chi connectivity index (χ2v) is 10.7. The summed E-state index contributed by atoms with van der Waals surface area (Å²) in [6.45, 7) is -1.54. The summed E-state index contributed by atoms with van der Waals surface area (Å²) in [6, 6.07) is 12.9. The van der Waals surface area contributed by atoms with E-state index in [0.717, 1.165) is 36.4 Å². The van der Waals surface area contributed by atoms with Crippen LogP contribution in [0.15, 0.2) is 66.7 Å². The first-order valence-corrected chi connectivity index (χ1v) is 15.0. The number of alkyl carbamates (subject to hydrolysis) is 1. The van der Waals surface area contributed by atoms with Gasteiger partial charge in [-0.3, -0.25) is 19.2 Å². The Morgan fingerprint density at radius 2 is 1.02 bits per heavy atom. The van der Waals surface area contributed by atoms with Gasteiger partial charge in [-0.2, -0.15) is 0 Å². The standard InChI is InChI=1S/C33H31N5O14/c39-25(34-14-26(40)36-22-10-18(29(43)44)8-19(11-22)30(45)46)7-6-24(38-33(51)52-16-17-4-2-1-3-5-17)28(42)35-15-27(41)37-23-12-20(31(47)48)9-21(13-23)32(49)50/h1-5,8-13,24H,6-7,14-16H2,(H,34,39)(H,35,42)(H,36,40)(H,37,41)(H,38,51)(H,43,44)(H,45,46)(H,47,48)(H,49,50)/t24-/m0/s1. The molecule has 0 aliphatic rings. The fraction of sp³-hybridized carbons (Fsp3) is 0.182. The fourth-order valence-corrected chi connectivity index (χ4v) is 4.31. The zero-order valence-electron chi connectivity index (χ0n) is 26.8. The number of amides is 5. The molecule has 3 rings (SSSR count). The van der Waals surface area contributed by atoms with E-state index < -0.39 is 101 Å². The topological polar surface area (TPSA) is 304 Å². The number of hydrogen-bond acceptors (Lipinski definition) is 10. The highest BCUT2D eigenvalue weighted by Crippen LogP contribution is 2.17. The van der Waals surface area contributed by atoms with E-state index in [1.807, 2.05) is 0 Å². The molecule has 3 aromatic rings. The summed E-state index contributed by atoms with van der Waals surface area (Å²) >= 11 is 0. The second-order valence-electron chi connectivity index (χ2n) is 10.7. The Labute approximate surface area is 293 Å². The molecule has 0 unspecified atom stereocenters. The van der Waals surface area contributed by atoms with Crippen LogP contribution in [-0.4, -0.2) is 93.2 Å². The van der Waals surface area contributed by atoms with Crippen LogP contribution in [0.2, 0.25) is 0 Å². The maximum atomic E-state index is 13.0. The van der Waals surface area contributed by atoms with Gasteiger partial charge in [0.15, 0.2) is 0 Å². The first kappa shape index (κ1) is 39.1. The number of carboxylic acid groups (broad SMARTS) is 4. The Balaban J connectivity index is 1.61. The Morgan fingerprint density at radius 3 is 1.46 bits per heavy atom. The molecule has 19 nitrogen and oxygen atoms in total. The zero-order chi connectivity index (χ0) is 38.4. The van der Waals surface area contributed by atoms with E-state index in [4.69, 9.17) is 4.74 Å². The van der Waals surface area contributed by atoms with E-state index in [2.05, 4.69) is 26.6 Å². The molecular weight excluding hydrogens is 690 g/mol. The van der Waals surface area contributed by atoms with Crippen molar-refractivity contribution >= 4 is 65.0 Å². The number of nitrogens with one attached hydrogen (secondary N) is 5. The lowest BCUT2D eigenvalue weighted by atomic mass is 10.1. The highest BCUT2D eigenvalue weighted by molar-refractivity contribution is 6.01. The zero-order valence-corrected chi connectivity index (χ0v) is 26.8. The van der Waals surface area contributed by atoms with E-state index in [1.165, 1.54) is 0 Å². The molecule has 0 aromatic heterocycles. The molecule has 1 atom stereocenters. The van der Waals surface area contributed by atoms with Gasteiger partial charge in [0, 0.05) is 17.8 Å². The first-order chi connectivity index (χ1) is 24.6. The summed E-state index contributed by atoms with van der Waals surface area (Å²) < 4.78 is 5.13. The molecular formula is C33H31N5O14. The fourth-order valence-electron chi connectivity index (χ4n) is 4.31. The van der Waals surface area contributed by atoms with Crippen LogP contribution in [0.5, 0.6) is 0 Å². The molecule has 0 spiro atoms. The second kappa shape index (κ2) is 18.5. The van der Waals surface area contributed by atoms with Crippen LogP contribution in [0.25, 0.3) is 0 Å². The maximum absolute atomic E-state index is 13.0. The van der Waals surface area contributed by atoms with Gasteiger partial charge in [-0.1, -0.05) is 30.3 Å². The number of hydrogen-bond donors (Lipinski definition) is 9. The van der Waals surface area contributed by atoms with Gasteiger partial charge in [0.1, 0.15) is 12.6 Å². The van der Waals surface area contributed by atoms with Crippen molar-refractivity contribution in [3.05, 3.63) is 94.5 Å². The Morgan fingerprint density at radius 1 is 0.577 bits per heavy atom. The summed E-state index contributed by atoms with van der Waals surface area (Å²) in [6.07, 6.45) is -1.87. The lowest BCUT2D eigenvalue weighted by molar-refractivity contribution is -0.127. The number of carbonyl (C=O) groups is 9. The largest absolute Gasteiger partial charge is 0.478 e. The van der Waals surface area contributed by atoms with E-state index in [1.54, 1.807) is 30.3 Å². The molecule has 9 N–H and O–H groups in total. The molecule has 272 valence electrons. The van der Waals surface area contributed by atoms with Crippen LogP contribution in [0.3, 0.4) is 0 Å². The predicted molar refractivity (Wildman–Crippen MR) is 177 cm³/mol. The van der Waals surface area contributed by atoms with Crippen LogP contribution in [0, 0.1) is 0 Å². The number of benzene rings is 3. The van der Waals surface area contributed by atoms with Crippen molar-refractivity contribution < 1.29 is 68.3 Å². The van der Waals surface area contributed by atoms with Crippen LogP contribution < -0.4 is 26.6 Å². The summed E-state index contributed by atoms with van der Waals surface area (Å²) in [5.74, 6) is -9.26. The molecule has 52 heavy (non-hydrogen) atoms. The van der Waals surface area contributed by atoms with Gasteiger partial charge in [-0.25, -0.2) is 24.0 Å². The number of carboxylic acids is 4. The SMILES string of the molecule is O=C(CC[C@H](NC(=O)OCc1ccccc1)C(=O)NCC(=O)Nc1cc(C(=O)O)cc(C(=O)O)c1)NCC(=O)Nc1cc(C(=O)O)cc(C(=O)O)c1. The minimum Gasteiger partial charge on any atom is -0.478 e. The molecule has 5 amide bonds. The third-order valence-electron chi connectivity index (χ3n) is 6.77. The Bertz CT molecular complexity index is 1830. The van der Waals surface area contributed by atoms with Crippen molar-refractivity contribution in [3.63, 3.8) is 0 Å². The third kappa shape index (κ3) is 12.6. The lowest BCUT2D eigenvalue weighted by Crippen LogP contribution is -2.49. The van der Waals surface area contributed by atoms with Gasteiger partial charge in [0.25, 0.3) is 0 Å². The molecule has 0 saturated carbocycles. The molecule has 0 heterocycles.